The van der Waals surface area contributed by atoms with E-state index in [1.54, 1.807) is 9.80 Å². The van der Waals surface area contributed by atoms with E-state index in [2.05, 4.69) is 68.5 Å². The van der Waals surface area contributed by atoms with E-state index in [9.17, 15) is 9.59 Å². The minimum Gasteiger partial charge on any atom is -0.340 e. The lowest BCUT2D eigenvalue weighted by atomic mass is 10.0. The van der Waals surface area contributed by atoms with Crippen LogP contribution in [-0.2, 0) is 16.0 Å². The van der Waals surface area contributed by atoms with E-state index in [-0.39, 0.29) is 29.9 Å². The first-order valence-corrected chi connectivity index (χ1v) is 17.2. The number of imidazole rings is 2. The fourth-order valence-corrected chi connectivity index (χ4v) is 6.23. The van der Waals surface area contributed by atoms with Gasteiger partial charge in [0.1, 0.15) is 17.7 Å². The van der Waals surface area contributed by atoms with Gasteiger partial charge in [-0.05, 0) is 61.3 Å². The molecule has 2 heterocycles. The first-order chi connectivity index (χ1) is 24.6. The van der Waals surface area contributed by atoms with Crippen molar-refractivity contribution >= 4 is 11.8 Å². The second-order valence-electron chi connectivity index (χ2n) is 13.3. The van der Waals surface area contributed by atoms with Crippen LogP contribution in [0, 0.1) is 0 Å². The maximum Gasteiger partial charge on any atom is 0.244 e. The maximum absolute atomic E-state index is 13.6. The molecule has 4 aromatic carbocycles. The van der Waals surface area contributed by atoms with E-state index in [1.807, 2.05) is 120 Å². The number of amides is 2. The van der Waals surface area contributed by atoms with Gasteiger partial charge in [0, 0.05) is 14.1 Å². The van der Waals surface area contributed by atoms with Crippen LogP contribution in [0.1, 0.15) is 54.7 Å². The number of aromatic nitrogens is 4. The van der Waals surface area contributed by atoms with Crippen molar-refractivity contribution in [2.75, 3.05) is 28.2 Å². The molecular formula is C42H45N7O2. The van der Waals surface area contributed by atoms with E-state index >= 15 is 0 Å². The van der Waals surface area contributed by atoms with Crippen molar-refractivity contribution in [2.24, 2.45) is 0 Å². The van der Waals surface area contributed by atoms with Crippen LogP contribution in [0.25, 0.3) is 33.6 Å². The van der Waals surface area contributed by atoms with E-state index < -0.39 is 0 Å². The number of rotatable bonds is 12. The van der Waals surface area contributed by atoms with Crippen molar-refractivity contribution in [1.82, 2.24) is 34.6 Å². The van der Waals surface area contributed by atoms with Gasteiger partial charge in [-0.3, -0.25) is 14.5 Å². The molecule has 6 aromatic rings. The molecule has 0 radical (unpaired) electrons. The molecule has 0 saturated carbocycles. The lowest BCUT2D eigenvalue weighted by Gasteiger charge is -2.31. The van der Waals surface area contributed by atoms with E-state index in [0.29, 0.717) is 6.42 Å². The summed E-state index contributed by atoms with van der Waals surface area (Å²) in [6.07, 6.45) is 4.00. The van der Waals surface area contributed by atoms with Crippen LogP contribution < -0.4 is 0 Å². The van der Waals surface area contributed by atoms with E-state index in [4.69, 9.17) is 0 Å². The number of benzene rings is 4. The quantitative estimate of drug-likeness (QED) is 0.138. The predicted molar refractivity (Wildman–Crippen MR) is 202 cm³/mol. The number of nitrogens with one attached hydrogen (secondary N) is 2. The number of hydrogen-bond donors (Lipinski definition) is 2. The maximum atomic E-state index is 13.6. The Bertz CT molecular complexity index is 2050. The number of nitrogens with zero attached hydrogens (tertiary/aromatic N) is 5. The van der Waals surface area contributed by atoms with Gasteiger partial charge in [-0.15, -0.1) is 0 Å². The highest BCUT2D eigenvalue weighted by atomic mass is 16.2. The molecule has 0 aliphatic heterocycles. The molecule has 0 aliphatic carbocycles. The second-order valence-corrected chi connectivity index (χ2v) is 13.3. The molecule has 0 saturated heterocycles. The Labute approximate surface area is 300 Å². The first kappa shape index (κ1) is 35.0. The summed E-state index contributed by atoms with van der Waals surface area (Å²) >= 11 is 0. The molecule has 0 bridgehead atoms. The summed E-state index contributed by atoms with van der Waals surface area (Å²) in [7, 11) is 7.49. The Balaban J connectivity index is 1.09. The molecule has 0 fully saturated rings. The van der Waals surface area contributed by atoms with Crippen LogP contribution in [0.5, 0.6) is 0 Å². The number of hydrogen-bond acceptors (Lipinski definition) is 5. The van der Waals surface area contributed by atoms with Crippen LogP contribution in [0.2, 0.25) is 0 Å². The van der Waals surface area contributed by atoms with Crippen molar-refractivity contribution in [2.45, 2.75) is 38.4 Å². The van der Waals surface area contributed by atoms with Gasteiger partial charge in [0.2, 0.25) is 11.8 Å². The third kappa shape index (κ3) is 7.84. The van der Waals surface area contributed by atoms with Gasteiger partial charge in [-0.25, -0.2) is 9.97 Å². The highest BCUT2D eigenvalue weighted by Gasteiger charge is 2.30. The molecule has 6 rings (SSSR count). The largest absolute Gasteiger partial charge is 0.340 e. The number of likely N-dealkylation sites (N-methyl/N-ethyl adjacent to an activating group) is 3. The molecule has 51 heavy (non-hydrogen) atoms. The number of carbonyl (C=O) groups is 2. The van der Waals surface area contributed by atoms with Gasteiger partial charge in [0.05, 0.1) is 42.3 Å². The summed E-state index contributed by atoms with van der Waals surface area (Å²) in [4.78, 5) is 48.0. The standard InChI is InChI=1S/C42H45N7O2/c1-28(48(5)38(50)25-30-13-9-7-10-14-30)40-43-26-36(45-40)33-21-17-31(18-22-33)32-19-23-34(24-20-32)37-27-44-41(46-37)29(2)49(6)42(51)39(47(3)4)35-15-11-8-12-16-35/h7-24,26-29,39H,25H2,1-6H3,(H,43,45)(H,44,46)/t28-,29-,39+/m0/s1. The zero-order valence-electron chi connectivity index (χ0n) is 30.0. The fourth-order valence-electron chi connectivity index (χ4n) is 6.23. The molecule has 9 nitrogen and oxygen atoms in total. The average molecular weight is 680 g/mol. The predicted octanol–water partition coefficient (Wildman–Crippen LogP) is 7.72. The second kappa shape index (κ2) is 15.4. The van der Waals surface area contributed by atoms with Crippen LogP contribution in [0.3, 0.4) is 0 Å². The third-order valence-electron chi connectivity index (χ3n) is 9.67. The molecule has 2 N–H and O–H groups in total. The monoisotopic (exact) mass is 679 g/mol. The molecule has 2 amide bonds. The Kier molecular flexibility index (Phi) is 10.6. The summed E-state index contributed by atoms with van der Waals surface area (Å²) < 4.78 is 0. The minimum atomic E-state index is -0.385. The van der Waals surface area contributed by atoms with E-state index in [0.717, 1.165) is 56.4 Å². The van der Waals surface area contributed by atoms with Crippen molar-refractivity contribution in [1.29, 1.82) is 0 Å². The lowest BCUT2D eigenvalue weighted by Crippen LogP contribution is -2.39. The molecular weight excluding hydrogens is 635 g/mol. The molecule has 260 valence electrons. The van der Waals surface area contributed by atoms with Crippen LogP contribution in [-0.4, -0.2) is 74.6 Å². The Morgan fingerprint density at radius 2 is 1.02 bits per heavy atom. The molecule has 9 heteroatoms. The van der Waals surface area contributed by atoms with Crippen LogP contribution in [0.4, 0.5) is 0 Å². The number of aromatic amines is 2. The van der Waals surface area contributed by atoms with E-state index in [1.165, 1.54) is 0 Å². The van der Waals surface area contributed by atoms with Crippen molar-refractivity contribution in [3.8, 4) is 33.6 Å². The molecule has 2 aromatic heterocycles. The summed E-state index contributed by atoms with van der Waals surface area (Å²) in [6, 6.07) is 35.5. The zero-order valence-corrected chi connectivity index (χ0v) is 30.0. The smallest absolute Gasteiger partial charge is 0.244 e. The molecule has 0 unspecified atom stereocenters. The van der Waals surface area contributed by atoms with Crippen LogP contribution >= 0.6 is 0 Å². The van der Waals surface area contributed by atoms with Crippen molar-refractivity contribution in [3.63, 3.8) is 0 Å². The summed E-state index contributed by atoms with van der Waals surface area (Å²) in [5, 5.41) is 0. The summed E-state index contributed by atoms with van der Waals surface area (Å²) in [5.74, 6) is 1.52. The van der Waals surface area contributed by atoms with Gasteiger partial charge >= 0.3 is 0 Å². The Morgan fingerprint density at radius 1 is 0.588 bits per heavy atom. The number of carbonyl (C=O) groups excluding carboxylic acids is 2. The van der Waals surface area contributed by atoms with Crippen LogP contribution in [0.15, 0.2) is 122 Å². The fraction of sp³-hybridized carbons (Fsp3) is 0.238. The first-order valence-electron chi connectivity index (χ1n) is 17.2. The topological polar surface area (TPSA) is 101 Å². The summed E-state index contributed by atoms with van der Waals surface area (Å²) in [6.45, 7) is 3.97. The van der Waals surface area contributed by atoms with Gasteiger partial charge in [-0.2, -0.15) is 0 Å². The number of H-pyrrole nitrogens is 2. The molecule has 0 aliphatic rings. The van der Waals surface area contributed by atoms with Gasteiger partial charge in [0.25, 0.3) is 0 Å². The average Bonchev–Trinajstić information content (AvgIpc) is 3.86. The van der Waals surface area contributed by atoms with Crippen molar-refractivity contribution < 1.29 is 9.59 Å². The minimum absolute atomic E-state index is 0.00757. The highest BCUT2D eigenvalue weighted by Crippen LogP contribution is 2.30. The Morgan fingerprint density at radius 3 is 1.49 bits per heavy atom. The highest BCUT2D eigenvalue weighted by molar-refractivity contribution is 5.83. The zero-order chi connectivity index (χ0) is 36.1. The van der Waals surface area contributed by atoms with Crippen molar-refractivity contribution in [3.05, 3.63) is 144 Å². The Hall–Kier alpha value is -5.80. The van der Waals surface area contributed by atoms with Gasteiger partial charge < -0.3 is 19.8 Å². The third-order valence-corrected chi connectivity index (χ3v) is 9.67. The normalized spacial score (nSPS) is 13.1. The summed E-state index contributed by atoms with van der Waals surface area (Å²) in [5.41, 5.74) is 7.96. The lowest BCUT2D eigenvalue weighted by molar-refractivity contribution is -0.137. The SMILES string of the molecule is C[C@@H](c1ncc(-c2ccc(-c3ccc(-c4cnc([C@H](C)N(C)C(=O)[C@@H](c5ccccc5)N(C)C)[nH]4)cc3)cc2)[nH]1)N(C)C(=O)Cc1ccccc1. The van der Waals surface area contributed by atoms with Gasteiger partial charge in [0.15, 0.2) is 0 Å². The molecule has 0 spiro atoms. The molecule has 3 atom stereocenters. The van der Waals surface area contributed by atoms with Gasteiger partial charge in [-0.1, -0.05) is 109 Å².